The van der Waals surface area contributed by atoms with Gasteiger partial charge in [0.15, 0.2) is 0 Å². The Morgan fingerprint density at radius 3 is 2.63 bits per heavy atom. The van der Waals surface area contributed by atoms with Crippen molar-refractivity contribution in [3.63, 3.8) is 0 Å². The molecule has 27 heavy (non-hydrogen) atoms. The van der Waals surface area contributed by atoms with Crippen molar-refractivity contribution in [2.24, 2.45) is 0 Å². The highest BCUT2D eigenvalue weighted by Crippen LogP contribution is 2.36. The highest BCUT2D eigenvalue weighted by atomic mass is 35.5. The normalized spacial score (nSPS) is 10.6. The monoisotopic (exact) mass is 420 g/mol. The first-order chi connectivity index (χ1) is 13.0. The summed E-state index contributed by atoms with van der Waals surface area (Å²) in [7, 11) is 0. The standard InChI is InChI=1S/C17H13ClN4O3S2/c1-2-15-20-21-17(27-15)19-16(23)10-3-8-14(13(9-10)22(24)25)26-12-6-4-11(18)5-7-12/h3-9H,2H2,1H3,(H,19,21,23). The van der Waals surface area contributed by atoms with Crippen molar-refractivity contribution in [2.75, 3.05) is 5.32 Å². The van der Waals surface area contributed by atoms with Gasteiger partial charge in [-0.25, -0.2) is 0 Å². The molecule has 0 aliphatic heterocycles. The highest BCUT2D eigenvalue weighted by Gasteiger charge is 2.19. The fraction of sp³-hybridized carbons (Fsp3) is 0.118. The largest absolute Gasteiger partial charge is 0.296 e. The van der Waals surface area contributed by atoms with Crippen molar-refractivity contribution in [2.45, 2.75) is 23.1 Å². The van der Waals surface area contributed by atoms with E-state index in [0.717, 1.165) is 16.3 Å². The predicted octanol–water partition coefficient (Wildman–Crippen LogP) is 5.07. The number of amides is 1. The SMILES string of the molecule is CCc1nnc(NC(=O)c2ccc(Sc3ccc(Cl)cc3)c([N+](=O)[O-])c2)s1. The van der Waals surface area contributed by atoms with Crippen molar-refractivity contribution in [3.05, 3.63) is 68.2 Å². The molecule has 3 rings (SSSR count). The molecule has 7 nitrogen and oxygen atoms in total. The van der Waals surface area contributed by atoms with Crippen LogP contribution < -0.4 is 5.32 Å². The van der Waals surface area contributed by atoms with Gasteiger partial charge in [-0.15, -0.1) is 10.2 Å². The van der Waals surface area contributed by atoms with E-state index < -0.39 is 10.8 Å². The molecule has 2 aromatic carbocycles. The zero-order valence-corrected chi connectivity index (χ0v) is 16.4. The Hall–Kier alpha value is -2.49. The first-order valence-corrected chi connectivity index (χ1v) is 9.83. The van der Waals surface area contributed by atoms with Gasteiger partial charge >= 0.3 is 0 Å². The highest BCUT2D eigenvalue weighted by molar-refractivity contribution is 7.99. The molecule has 0 spiro atoms. The third-order valence-corrected chi connectivity index (χ3v) is 5.76. The molecule has 1 aromatic heterocycles. The number of nitrogens with zero attached hydrogens (tertiary/aromatic N) is 3. The Kier molecular flexibility index (Phi) is 6.04. The van der Waals surface area contributed by atoms with Gasteiger partial charge in [0.25, 0.3) is 11.6 Å². The van der Waals surface area contributed by atoms with E-state index >= 15 is 0 Å². The van der Waals surface area contributed by atoms with Crippen molar-refractivity contribution in [3.8, 4) is 0 Å². The summed E-state index contributed by atoms with van der Waals surface area (Å²) in [5, 5.41) is 23.6. The van der Waals surface area contributed by atoms with Crippen molar-refractivity contribution >= 4 is 51.4 Å². The average Bonchev–Trinajstić information content (AvgIpc) is 3.11. The van der Waals surface area contributed by atoms with E-state index in [2.05, 4.69) is 15.5 Å². The van der Waals surface area contributed by atoms with Gasteiger partial charge in [0.05, 0.1) is 9.82 Å². The Balaban J connectivity index is 1.83. The molecule has 0 aliphatic rings. The van der Waals surface area contributed by atoms with Gasteiger partial charge < -0.3 is 0 Å². The molecule has 0 atom stereocenters. The van der Waals surface area contributed by atoms with E-state index in [0.29, 0.717) is 15.0 Å². The molecule has 0 saturated heterocycles. The molecular weight excluding hydrogens is 408 g/mol. The zero-order chi connectivity index (χ0) is 19.4. The van der Waals surface area contributed by atoms with Gasteiger partial charge in [-0.2, -0.15) is 0 Å². The molecule has 10 heteroatoms. The van der Waals surface area contributed by atoms with Crippen LogP contribution in [-0.4, -0.2) is 21.0 Å². The van der Waals surface area contributed by atoms with Crippen LogP contribution in [0.2, 0.25) is 5.02 Å². The van der Waals surface area contributed by atoms with E-state index in [9.17, 15) is 14.9 Å². The van der Waals surface area contributed by atoms with Gasteiger partial charge in [-0.3, -0.25) is 20.2 Å². The topological polar surface area (TPSA) is 98.0 Å². The summed E-state index contributed by atoms with van der Waals surface area (Å²) >= 11 is 8.36. The second kappa shape index (κ2) is 8.47. The molecular formula is C17H13ClN4O3S2. The minimum atomic E-state index is -0.505. The molecule has 0 saturated carbocycles. The number of rotatable bonds is 6. The number of nitrogens with one attached hydrogen (secondary N) is 1. The lowest BCUT2D eigenvalue weighted by molar-refractivity contribution is -0.387. The number of anilines is 1. The lowest BCUT2D eigenvalue weighted by atomic mass is 10.2. The predicted molar refractivity (Wildman–Crippen MR) is 106 cm³/mol. The number of hydrogen-bond donors (Lipinski definition) is 1. The molecule has 1 heterocycles. The molecule has 0 fully saturated rings. The van der Waals surface area contributed by atoms with Crippen LogP contribution in [0.3, 0.4) is 0 Å². The summed E-state index contributed by atoms with van der Waals surface area (Å²) in [6, 6.07) is 11.3. The summed E-state index contributed by atoms with van der Waals surface area (Å²) in [4.78, 5) is 24.6. The van der Waals surface area contributed by atoms with E-state index in [4.69, 9.17) is 11.6 Å². The van der Waals surface area contributed by atoms with E-state index in [1.807, 2.05) is 6.92 Å². The van der Waals surface area contributed by atoms with E-state index in [1.54, 1.807) is 36.4 Å². The number of carbonyl (C=O) groups excluding carboxylic acids is 1. The molecule has 0 aliphatic carbocycles. The molecule has 0 bridgehead atoms. The maximum atomic E-state index is 12.4. The van der Waals surface area contributed by atoms with Crippen LogP contribution in [0.4, 0.5) is 10.8 Å². The van der Waals surface area contributed by atoms with Crippen molar-refractivity contribution in [1.29, 1.82) is 0 Å². The summed E-state index contributed by atoms with van der Waals surface area (Å²) in [6.07, 6.45) is 0.718. The minimum absolute atomic E-state index is 0.144. The third kappa shape index (κ3) is 4.82. The van der Waals surface area contributed by atoms with Gasteiger partial charge in [0, 0.05) is 21.5 Å². The van der Waals surface area contributed by atoms with Crippen molar-refractivity contribution in [1.82, 2.24) is 10.2 Å². The van der Waals surface area contributed by atoms with Crippen LogP contribution >= 0.6 is 34.7 Å². The molecule has 1 amide bonds. The average molecular weight is 421 g/mol. The van der Waals surface area contributed by atoms with Gasteiger partial charge in [0.2, 0.25) is 5.13 Å². The van der Waals surface area contributed by atoms with E-state index in [-0.39, 0.29) is 11.3 Å². The number of nitro groups is 1. The Morgan fingerprint density at radius 1 is 1.26 bits per heavy atom. The smallest absolute Gasteiger partial charge is 0.284 e. The molecule has 0 unspecified atom stereocenters. The minimum Gasteiger partial charge on any atom is -0.296 e. The van der Waals surface area contributed by atoms with Crippen LogP contribution in [0.25, 0.3) is 0 Å². The fourth-order valence-corrected chi connectivity index (χ4v) is 3.83. The maximum Gasteiger partial charge on any atom is 0.284 e. The Bertz CT molecular complexity index is 992. The second-order valence-electron chi connectivity index (χ2n) is 5.30. The number of hydrogen-bond acceptors (Lipinski definition) is 7. The number of aromatic nitrogens is 2. The lowest BCUT2D eigenvalue weighted by Crippen LogP contribution is -2.12. The first kappa shape index (κ1) is 19.3. The number of carbonyl (C=O) groups is 1. The number of benzene rings is 2. The first-order valence-electron chi connectivity index (χ1n) is 7.82. The van der Waals surface area contributed by atoms with Crippen LogP contribution in [0.15, 0.2) is 52.3 Å². The van der Waals surface area contributed by atoms with Crippen LogP contribution in [0.5, 0.6) is 0 Å². The number of aryl methyl sites for hydroxylation is 1. The Labute approximate surface area is 167 Å². The molecule has 138 valence electrons. The summed E-state index contributed by atoms with van der Waals surface area (Å²) < 4.78 is 0. The van der Waals surface area contributed by atoms with Crippen LogP contribution in [-0.2, 0) is 6.42 Å². The summed E-state index contributed by atoms with van der Waals surface area (Å²) in [5.41, 5.74) is 0.0320. The van der Waals surface area contributed by atoms with Gasteiger partial charge in [-0.05, 0) is 42.8 Å². The van der Waals surface area contributed by atoms with Crippen LogP contribution in [0.1, 0.15) is 22.3 Å². The zero-order valence-electron chi connectivity index (χ0n) is 14.0. The number of halogens is 1. The quantitative estimate of drug-likeness (QED) is 0.441. The van der Waals surface area contributed by atoms with Crippen molar-refractivity contribution < 1.29 is 9.72 Å². The van der Waals surface area contributed by atoms with E-state index in [1.165, 1.54) is 29.2 Å². The van der Waals surface area contributed by atoms with Crippen LogP contribution in [0, 0.1) is 10.1 Å². The summed E-state index contributed by atoms with van der Waals surface area (Å²) in [6.45, 7) is 1.94. The third-order valence-electron chi connectivity index (χ3n) is 3.45. The number of nitro benzene ring substituents is 1. The second-order valence-corrected chi connectivity index (χ2v) is 7.92. The van der Waals surface area contributed by atoms with Gasteiger partial charge in [-0.1, -0.05) is 41.6 Å². The van der Waals surface area contributed by atoms with Gasteiger partial charge in [0.1, 0.15) is 5.01 Å². The Morgan fingerprint density at radius 2 is 2.00 bits per heavy atom. The lowest BCUT2D eigenvalue weighted by Gasteiger charge is -2.06. The fourth-order valence-electron chi connectivity index (χ4n) is 2.13. The molecule has 0 radical (unpaired) electrons. The summed E-state index contributed by atoms with van der Waals surface area (Å²) in [5.74, 6) is -0.472. The molecule has 3 aromatic rings. The maximum absolute atomic E-state index is 12.4. The molecule has 1 N–H and O–H groups in total.